The maximum atomic E-state index is 12.2. The van der Waals surface area contributed by atoms with Crippen molar-refractivity contribution in [1.82, 2.24) is 0 Å². The number of hydrogen-bond donors (Lipinski definition) is 1. The molecular formula is C14H16O6S. The number of carboxylic acids is 1. The van der Waals surface area contributed by atoms with E-state index in [2.05, 4.69) is 0 Å². The Hall–Kier alpha value is -1.76. The third-order valence-corrected chi connectivity index (χ3v) is 5.31. The van der Waals surface area contributed by atoms with Crippen molar-refractivity contribution in [3.63, 3.8) is 0 Å². The Morgan fingerprint density at radius 2 is 1.90 bits per heavy atom. The molecule has 3 rings (SSSR count). The molecule has 1 aromatic carbocycles. The molecule has 1 N–H and O–H groups in total. The molecule has 0 amide bonds. The predicted molar refractivity (Wildman–Crippen MR) is 73.7 cm³/mol. The van der Waals surface area contributed by atoms with E-state index in [1.807, 2.05) is 0 Å². The predicted octanol–water partition coefficient (Wildman–Crippen LogP) is 1.37. The number of carboxylic acid groups (broad SMARTS) is 1. The first-order chi connectivity index (χ1) is 9.86. The molecule has 1 aliphatic heterocycles. The fourth-order valence-electron chi connectivity index (χ4n) is 2.96. The van der Waals surface area contributed by atoms with Crippen LogP contribution in [0, 0.1) is 0 Å². The topological polar surface area (TPSA) is 89.9 Å². The van der Waals surface area contributed by atoms with Gasteiger partial charge in [-0.3, -0.25) is 4.79 Å². The van der Waals surface area contributed by atoms with Crippen molar-refractivity contribution in [1.29, 1.82) is 0 Å². The lowest BCUT2D eigenvalue weighted by Crippen LogP contribution is -2.43. The lowest BCUT2D eigenvalue weighted by Gasteiger charge is -2.39. The van der Waals surface area contributed by atoms with Gasteiger partial charge in [-0.05, 0) is 24.5 Å². The molecule has 1 aromatic rings. The van der Waals surface area contributed by atoms with Gasteiger partial charge in [0.2, 0.25) is 0 Å². The summed E-state index contributed by atoms with van der Waals surface area (Å²) in [5.74, 6) is -0.491. The summed E-state index contributed by atoms with van der Waals surface area (Å²) in [5, 5.41) is 9.56. The molecule has 0 unspecified atom stereocenters. The van der Waals surface area contributed by atoms with Crippen LogP contribution < -0.4 is 9.47 Å². The Morgan fingerprint density at radius 3 is 2.43 bits per heavy atom. The lowest BCUT2D eigenvalue weighted by molar-refractivity contribution is -0.147. The number of benzene rings is 1. The molecule has 114 valence electrons. The number of aliphatic carboxylic acids is 1. The van der Waals surface area contributed by atoms with Crippen LogP contribution in [-0.2, 0) is 20.0 Å². The van der Waals surface area contributed by atoms with E-state index in [1.165, 1.54) is 0 Å². The summed E-state index contributed by atoms with van der Waals surface area (Å²) in [5.41, 5.74) is -0.818. The van der Waals surface area contributed by atoms with Crippen LogP contribution in [0.4, 0.5) is 0 Å². The molecule has 1 fully saturated rings. The second kappa shape index (κ2) is 4.62. The van der Waals surface area contributed by atoms with E-state index < -0.39 is 21.2 Å². The molecule has 0 atom stereocenters. The highest BCUT2D eigenvalue weighted by molar-refractivity contribution is 7.90. The van der Waals surface area contributed by atoms with Gasteiger partial charge in [0, 0.05) is 6.26 Å². The molecule has 1 saturated carbocycles. The molecule has 1 aliphatic carbocycles. The van der Waals surface area contributed by atoms with Crippen LogP contribution in [-0.4, -0.2) is 39.0 Å². The van der Waals surface area contributed by atoms with Crippen molar-refractivity contribution in [2.24, 2.45) is 0 Å². The summed E-state index contributed by atoms with van der Waals surface area (Å²) < 4.78 is 35.3. The van der Waals surface area contributed by atoms with Gasteiger partial charge in [-0.15, -0.1) is 0 Å². The van der Waals surface area contributed by atoms with Gasteiger partial charge in [0.25, 0.3) is 0 Å². The highest BCUT2D eigenvalue weighted by Gasteiger charge is 2.49. The van der Waals surface area contributed by atoms with Crippen LogP contribution in [0.2, 0.25) is 0 Å². The van der Waals surface area contributed by atoms with E-state index in [-0.39, 0.29) is 17.3 Å². The van der Waals surface area contributed by atoms with E-state index >= 15 is 0 Å². The number of carbonyl (C=O) groups is 1. The molecule has 0 bridgehead atoms. The lowest BCUT2D eigenvalue weighted by atomic mass is 9.64. The fraction of sp³-hybridized carbons (Fsp3) is 0.500. The Balaban J connectivity index is 2.29. The van der Waals surface area contributed by atoms with Gasteiger partial charge in [-0.2, -0.15) is 0 Å². The number of rotatable bonds is 3. The van der Waals surface area contributed by atoms with E-state index in [1.54, 1.807) is 12.1 Å². The van der Waals surface area contributed by atoms with Crippen molar-refractivity contribution in [2.45, 2.75) is 29.6 Å². The minimum absolute atomic E-state index is 0.0400. The molecule has 6 nitrogen and oxygen atoms in total. The highest BCUT2D eigenvalue weighted by atomic mass is 32.2. The third-order valence-electron chi connectivity index (χ3n) is 4.17. The molecule has 21 heavy (non-hydrogen) atoms. The smallest absolute Gasteiger partial charge is 0.314 e. The molecule has 2 aliphatic rings. The minimum atomic E-state index is -3.64. The monoisotopic (exact) mass is 312 g/mol. The molecule has 1 heterocycles. The minimum Gasteiger partial charge on any atom is -0.486 e. The van der Waals surface area contributed by atoms with E-state index in [0.29, 0.717) is 30.8 Å². The summed E-state index contributed by atoms with van der Waals surface area (Å²) in [6.45, 7) is 0.596. The first-order valence-corrected chi connectivity index (χ1v) is 8.62. The van der Waals surface area contributed by atoms with Crippen LogP contribution in [0.15, 0.2) is 17.0 Å². The van der Waals surface area contributed by atoms with Crippen LogP contribution in [0.1, 0.15) is 24.8 Å². The van der Waals surface area contributed by atoms with Gasteiger partial charge < -0.3 is 14.6 Å². The zero-order chi connectivity index (χ0) is 15.3. The normalized spacial score (nSPS) is 19.7. The SMILES string of the molecule is CS(=O)(=O)c1c(C2(C(=O)O)CCC2)ccc2c1OCCO2. The van der Waals surface area contributed by atoms with Crippen LogP contribution in [0.3, 0.4) is 0 Å². The van der Waals surface area contributed by atoms with Gasteiger partial charge in [-0.25, -0.2) is 8.42 Å². The molecular weight excluding hydrogens is 296 g/mol. The Labute approximate surface area is 122 Å². The van der Waals surface area contributed by atoms with Crippen molar-refractivity contribution in [2.75, 3.05) is 19.5 Å². The standard InChI is InChI=1S/C14H16O6S/c1-21(17,18)12-9(14(13(15)16)5-2-6-14)3-4-10-11(12)20-8-7-19-10/h3-4H,2,5-8H2,1H3,(H,15,16). The summed E-state index contributed by atoms with van der Waals surface area (Å²) in [6, 6.07) is 3.15. The zero-order valence-corrected chi connectivity index (χ0v) is 12.4. The van der Waals surface area contributed by atoms with Gasteiger partial charge in [0.05, 0.1) is 5.41 Å². The summed E-state index contributed by atoms with van der Waals surface area (Å²) >= 11 is 0. The van der Waals surface area contributed by atoms with Gasteiger partial charge in [0.1, 0.15) is 18.1 Å². The Morgan fingerprint density at radius 1 is 1.24 bits per heavy atom. The second-order valence-corrected chi connectivity index (χ2v) is 7.43. The average molecular weight is 312 g/mol. The maximum Gasteiger partial charge on any atom is 0.314 e. The van der Waals surface area contributed by atoms with Crippen LogP contribution >= 0.6 is 0 Å². The molecule has 0 saturated heterocycles. The quantitative estimate of drug-likeness (QED) is 0.906. The van der Waals surface area contributed by atoms with Crippen LogP contribution in [0.25, 0.3) is 0 Å². The highest BCUT2D eigenvalue weighted by Crippen LogP contribution is 2.50. The Bertz CT molecular complexity index is 702. The Kier molecular flexibility index (Phi) is 3.12. The first-order valence-electron chi connectivity index (χ1n) is 6.73. The van der Waals surface area contributed by atoms with Crippen molar-refractivity contribution < 1.29 is 27.8 Å². The first kappa shape index (κ1) is 14.2. The van der Waals surface area contributed by atoms with E-state index in [4.69, 9.17) is 9.47 Å². The summed E-state index contributed by atoms with van der Waals surface area (Å²) in [6.07, 6.45) is 2.71. The third kappa shape index (κ3) is 2.07. The molecule has 0 aromatic heterocycles. The second-order valence-electron chi connectivity index (χ2n) is 5.48. The summed E-state index contributed by atoms with van der Waals surface area (Å²) in [4.78, 5) is 11.6. The van der Waals surface area contributed by atoms with Gasteiger partial charge in [-0.1, -0.05) is 12.5 Å². The van der Waals surface area contributed by atoms with Crippen LogP contribution in [0.5, 0.6) is 11.5 Å². The maximum absolute atomic E-state index is 12.2. The van der Waals surface area contributed by atoms with Gasteiger partial charge in [0.15, 0.2) is 21.3 Å². The fourth-order valence-corrected chi connectivity index (χ4v) is 4.12. The van der Waals surface area contributed by atoms with Crippen molar-refractivity contribution in [3.8, 4) is 11.5 Å². The van der Waals surface area contributed by atoms with Gasteiger partial charge >= 0.3 is 5.97 Å². The van der Waals surface area contributed by atoms with Crippen molar-refractivity contribution >= 4 is 15.8 Å². The van der Waals surface area contributed by atoms with E-state index in [9.17, 15) is 18.3 Å². The number of sulfone groups is 1. The van der Waals surface area contributed by atoms with E-state index in [0.717, 1.165) is 12.7 Å². The average Bonchev–Trinajstić information content (AvgIpc) is 2.35. The number of hydrogen-bond acceptors (Lipinski definition) is 5. The molecule has 7 heteroatoms. The number of ether oxygens (including phenoxy) is 2. The zero-order valence-electron chi connectivity index (χ0n) is 11.6. The number of fused-ring (bicyclic) bond motifs is 1. The van der Waals surface area contributed by atoms with Crippen molar-refractivity contribution in [3.05, 3.63) is 17.7 Å². The largest absolute Gasteiger partial charge is 0.486 e. The summed E-state index contributed by atoms with van der Waals surface area (Å²) in [7, 11) is -3.64. The molecule has 0 spiro atoms. The molecule has 0 radical (unpaired) electrons.